The summed E-state index contributed by atoms with van der Waals surface area (Å²) in [6.07, 6.45) is 12.5. The van der Waals surface area contributed by atoms with Gasteiger partial charge in [-0.1, -0.05) is 44.4 Å². The number of likely N-dealkylation sites (N-methyl/N-ethyl adjacent to an activating group) is 2. The van der Waals surface area contributed by atoms with Crippen molar-refractivity contribution in [2.24, 2.45) is 11.8 Å². The summed E-state index contributed by atoms with van der Waals surface area (Å²) in [5, 5.41) is 0. The fraction of sp³-hybridized carbons (Fsp3) is 0.667. The zero-order valence-corrected chi connectivity index (χ0v) is 16.5. The molecule has 0 aromatic carbocycles. The van der Waals surface area contributed by atoms with Crippen molar-refractivity contribution in [3.05, 3.63) is 23.8 Å². The van der Waals surface area contributed by atoms with Crippen LogP contribution in [0.3, 0.4) is 0 Å². The highest BCUT2D eigenvalue weighted by Gasteiger charge is 2.48. The van der Waals surface area contributed by atoms with Gasteiger partial charge in [0.25, 0.3) is 0 Å². The molecule has 2 rings (SSSR count). The molecule has 0 spiro atoms. The van der Waals surface area contributed by atoms with Crippen LogP contribution in [-0.2, 0) is 14.4 Å². The first-order chi connectivity index (χ1) is 12.3. The molecule has 0 bridgehead atoms. The molecule has 0 aromatic rings. The summed E-state index contributed by atoms with van der Waals surface area (Å²) in [6.45, 7) is 4.06. The number of allylic oxidation sites excluding steroid dienone is 3. The van der Waals surface area contributed by atoms with E-state index in [4.69, 9.17) is 0 Å². The van der Waals surface area contributed by atoms with E-state index in [1.807, 2.05) is 25.2 Å². The van der Waals surface area contributed by atoms with Crippen molar-refractivity contribution in [2.45, 2.75) is 57.9 Å². The Morgan fingerprint density at radius 3 is 2.50 bits per heavy atom. The third kappa shape index (κ3) is 4.08. The van der Waals surface area contributed by atoms with Crippen LogP contribution in [0.25, 0.3) is 0 Å². The smallest absolute Gasteiger partial charge is 0.248 e. The van der Waals surface area contributed by atoms with E-state index in [0.29, 0.717) is 11.5 Å². The standard InChI is InChI=1S/C21H32N2O3/c1-16-10-8-9-13-18(16)21(2,23(4)15-24)20(26)22(3)14-19(25)17-11-6-5-7-12-17/h6,11-12,15-16,18H,5,7-10,13-14H2,1-4H3. The number of hydrogen-bond acceptors (Lipinski definition) is 3. The molecule has 5 heteroatoms. The fourth-order valence-electron chi connectivity index (χ4n) is 4.42. The van der Waals surface area contributed by atoms with Crippen molar-refractivity contribution in [2.75, 3.05) is 20.6 Å². The van der Waals surface area contributed by atoms with E-state index >= 15 is 0 Å². The van der Waals surface area contributed by atoms with Crippen molar-refractivity contribution >= 4 is 18.1 Å². The minimum Gasteiger partial charge on any atom is -0.336 e. The first-order valence-corrected chi connectivity index (χ1v) is 9.66. The normalized spacial score (nSPS) is 25.0. The zero-order chi connectivity index (χ0) is 19.3. The lowest BCUT2D eigenvalue weighted by molar-refractivity contribution is -0.153. The molecule has 1 saturated carbocycles. The largest absolute Gasteiger partial charge is 0.336 e. The van der Waals surface area contributed by atoms with Gasteiger partial charge in [0.05, 0.1) is 6.54 Å². The summed E-state index contributed by atoms with van der Waals surface area (Å²) in [5.74, 6) is 0.266. The average Bonchev–Trinajstić information content (AvgIpc) is 2.67. The van der Waals surface area contributed by atoms with Gasteiger partial charge < -0.3 is 9.80 Å². The summed E-state index contributed by atoms with van der Waals surface area (Å²) in [4.78, 5) is 40.5. The van der Waals surface area contributed by atoms with Crippen LogP contribution in [0.15, 0.2) is 23.8 Å². The molecule has 0 aromatic heterocycles. The first kappa shape index (κ1) is 20.4. The van der Waals surface area contributed by atoms with Gasteiger partial charge in [0, 0.05) is 19.7 Å². The first-order valence-electron chi connectivity index (χ1n) is 9.66. The number of ketones is 1. The molecule has 3 atom stereocenters. The molecule has 3 unspecified atom stereocenters. The lowest BCUT2D eigenvalue weighted by atomic mass is 9.68. The summed E-state index contributed by atoms with van der Waals surface area (Å²) < 4.78 is 0. The molecular formula is C21H32N2O3. The summed E-state index contributed by atoms with van der Waals surface area (Å²) in [7, 11) is 3.34. The highest BCUT2D eigenvalue weighted by molar-refractivity contribution is 6.02. The van der Waals surface area contributed by atoms with E-state index in [1.54, 1.807) is 14.1 Å². The van der Waals surface area contributed by atoms with Crippen molar-refractivity contribution in [3.8, 4) is 0 Å². The number of amides is 2. The topological polar surface area (TPSA) is 57.7 Å². The number of Topliss-reactive ketones (excluding diaryl/α,β-unsaturated/α-hetero) is 1. The number of hydrogen-bond donors (Lipinski definition) is 0. The molecule has 1 fully saturated rings. The van der Waals surface area contributed by atoms with Crippen LogP contribution in [0.4, 0.5) is 0 Å². The quantitative estimate of drug-likeness (QED) is 0.656. The fourth-order valence-corrected chi connectivity index (χ4v) is 4.42. The number of carbonyl (C=O) groups excluding carboxylic acids is 3. The maximum atomic E-state index is 13.4. The number of rotatable bonds is 7. The van der Waals surface area contributed by atoms with E-state index < -0.39 is 5.54 Å². The van der Waals surface area contributed by atoms with Crippen LogP contribution in [-0.4, -0.2) is 54.1 Å². The van der Waals surface area contributed by atoms with Crippen LogP contribution < -0.4 is 0 Å². The van der Waals surface area contributed by atoms with Crippen molar-refractivity contribution in [1.82, 2.24) is 9.80 Å². The van der Waals surface area contributed by atoms with Crippen LogP contribution in [0.2, 0.25) is 0 Å². The van der Waals surface area contributed by atoms with E-state index in [9.17, 15) is 14.4 Å². The molecule has 144 valence electrons. The molecule has 0 saturated heterocycles. The second-order valence-electron chi connectivity index (χ2n) is 7.96. The minimum absolute atomic E-state index is 0.0401. The van der Waals surface area contributed by atoms with Crippen LogP contribution >= 0.6 is 0 Å². The van der Waals surface area contributed by atoms with E-state index in [2.05, 4.69) is 6.92 Å². The van der Waals surface area contributed by atoms with Crippen LogP contribution in [0.5, 0.6) is 0 Å². The molecule has 0 N–H and O–H groups in total. The summed E-state index contributed by atoms with van der Waals surface area (Å²) in [5.41, 5.74) is -0.250. The highest BCUT2D eigenvalue weighted by atomic mass is 16.2. The average molecular weight is 360 g/mol. The Kier molecular flexibility index (Phi) is 6.79. The van der Waals surface area contributed by atoms with Gasteiger partial charge in [0.1, 0.15) is 5.54 Å². The minimum atomic E-state index is -0.923. The van der Waals surface area contributed by atoms with Crippen molar-refractivity contribution in [3.63, 3.8) is 0 Å². The second-order valence-corrected chi connectivity index (χ2v) is 7.96. The molecule has 0 heterocycles. The van der Waals surface area contributed by atoms with Crippen LogP contribution in [0, 0.1) is 11.8 Å². The maximum absolute atomic E-state index is 13.4. The van der Waals surface area contributed by atoms with E-state index in [0.717, 1.165) is 38.5 Å². The summed E-state index contributed by atoms with van der Waals surface area (Å²) in [6, 6.07) is 0. The van der Waals surface area contributed by atoms with E-state index in [1.165, 1.54) is 16.2 Å². The zero-order valence-electron chi connectivity index (χ0n) is 16.5. The molecule has 0 radical (unpaired) electrons. The Morgan fingerprint density at radius 1 is 1.23 bits per heavy atom. The lowest BCUT2D eigenvalue weighted by Crippen LogP contribution is -2.62. The Balaban J connectivity index is 2.19. The van der Waals surface area contributed by atoms with Gasteiger partial charge in [-0.2, -0.15) is 0 Å². The molecular weight excluding hydrogens is 328 g/mol. The molecule has 2 amide bonds. The van der Waals surface area contributed by atoms with Gasteiger partial charge in [-0.25, -0.2) is 0 Å². The van der Waals surface area contributed by atoms with Gasteiger partial charge >= 0.3 is 0 Å². The van der Waals surface area contributed by atoms with E-state index in [-0.39, 0.29) is 24.2 Å². The predicted molar refractivity (Wildman–Crippen MR) is 102 cm³/mol. The van der Waals surface area contributed by atoms with Crippen molar-refractivity contribution in [1.29, 1.82) is 0 Å². The van der Waals surface area contributed by atoms with Gasteiger partial charge in [-0.3, -0.25) is 14.4 Å². The monoisotopic (exact) mass is 360 g/mol. The molecule has 5 nitrogen and oxygen atoms in total. The van der Waals surface area contributed by atoms with Crippen molar-refractivity contribution < 1.29 is 14.4 Å². The third-order valence-corrected chi connectivity index (χ3v) is 6.20. The predicted octanol–water partition coefficient (Wildman–Crippen LogP) is 2.96. The Bertz CT molecular complexity index is 610. The molecule has 2 aliphatic rings. The van der Waals surface area contributed by atoms with Gasteiger partial charge in [0.2, 0.25) is 12.3 Å². The number of carbonyl (C=O) groups is 3. The highest BCUT2D eigenvalue weighted by Crippen LogP contribution is 2.40. The number of nitrogens with zero attached hydrogens (tertiary/aromatic N) is 2. The Labute approximate surface area is 157 Å². The molecule has 0 aliphatic heterocycles. The Morgan fingerprint density at radius 2 is 1.92 bits per heavy atom. The van der Waals surface area contributed by atoms with Gasteiger partial charge in [0.15, 0.2) is 5.78 Å². The third-order valence-electron chi connectivity index (χ3n) is 6.20. The van der Waals surface area contributed by atoms with Crippen LogP contribution in [0.1, 0.15) is 52.4 Å². The maximum Gasteiger partial charge on any atom is 0.248 e. The SMILES string of the molecule is CC1CCCCC1C(C)(C(=O)N(C)CC(=O)C1=CCCC=C1)N(C)C=O. The molecule has 26 heavy (non-hydrogen) atoms. The van der Waals surface area contributed by atoms with Gasteiger partial charge in [-0.15, -0.1) is 0 Å². The van der Waals surface area contributed by atoms with Gasteiger partial charge in [-0.05, 0) is 38.0 Å². The second kappa shape index (κ2) is 8.65. The Hall–Kier alpha value is -1.91. The molecule has 2 aliphatic carbocycles. The lowest BCUT2D eigenvalue weighted by Gasteiger charge is -2.47. The summed E-state index contributed by atoms with van der Waals surface area (Å²) >= 11 is 0.